The molecule has 0 heterocycles. The van der Waals surface area contributed by atoms with Crippen molar-refractivity contribution in [2.75, 3.05) is 0 Å². The van der Waals surface area contributed by atoms with Crippen LogP contribution in [0.4, 0.5) is 0 Å². The summed E-state index contributed by atoms with van der Waals surface area (Å²) in [5, 5.41) is 0. The van der Waals surface area contributed by atoms with E-state index in [0.717, 1.165) is 0 Å². The zero-order chi connectivity index (χ0) is 11.6. The van der Waals surface area contributed by atoms with Crippen LogP contribution in [0.15, 0.2) is 11.8 Å². The second kappa shape index (κ2) is 4.03. The van der Waals surface area contributed by atoms with Crippen molar-refractivity contribution in [1.82, 2.24) is 0 Å². The minimum absolute atomic E-state index is 0.198. The molecule has 0 saturated heterocycles. The number of allylic oxidation sites excluding steroid dienone is 1. The Hall–Kier alpha value is -0.990. The molecule has 0 bridgehead atoms. The van der Waals surface area contributed by atoms with E-state index in [-0.39, 0.29) is 11.4 Å². The molecule has 0 aliphatic carbocycles. The van der Waals surface area contributed by atoms with Gasteiger partial charge in [-0.1, -0.05) is 20.8 Å². The molecule has 0 aromatic rings. The number of carbonyl (C=O) groups is 1. The summed E-state index contributed by atoms with van der Waals surface area (Å²) in [6.45, 7) is 11.3. The smallest absolute Gasteiger partial charge is 0.333 e. The van der Waals surface area contributed by atoms with E-state index in [1.54, 1.807) is 0 Å². The number of ether oxygens (including phenoxy) is 1. The molecule has 0 radical (unpaired) electrons. The number of rotatable bonds is 1. The fraction of sp³-hybridized carbons (Fsp3) is 0.727. The third kappa shape index (κ3) is 5.62. The van der Waals surface area contributed by atoms with E-state index in [1.807, 2.05) is 41.5 Å². The minimum atomic E-state index is -0.467. The van der Waals surface area contributed by atoms with Crippen LogP contribution < -0.4 is 5.73 Å². The van der Waals surface area contributed by atoms with Gasteiger partial charge in [0.25, 0.3) is 0 Å². The van der Waals surface area contributed by atoms with Gasteiger partial charge in [0.2, 0.25) is 0 Å². The molecule has 0 atom stereocenters. The van der Waals surface area contributed by atoms with Crippen LogP contribution in [0.25, 0.3) is 0 Å². The van der Waals surface area contributed by atoms with Crippen molar-refractivity contribution < 1.29 is 9.53 Å². The molecule has 2 N–H and O–H groups in total. The van der Waals surface area contributed by atoms with Gasteiger partial charge in [0.1, 0.15) is 5.60 Å². The molecule has 0 fully saturated rings. The average Bonchev–Trinajstić information content (AvgIpc) is 1.79. The van der Waals surface area contributed by atoms with E-state index < -0.39 is 5.60 Å². The zero-order valence-electron chi connectivity index (χ0n) is 9.97. The van der Waals surface area contributed by atoms with E-state index in [2.05, 4.69) is 0 Å². The van der Waals surface area contributed by atoms with E-state index in [1.165, 1.54) is 6.08 Å². The average molecular weight is 199 g/mol. The fourth-order valence-electron chi connectivity index (χ4n) is 0.675. The van der Waals surface area contributed by atoms with Crippen molar-refractivity contribution >= 4 is 5.97 Å². The summed E-state index contributed by atoms with van der Waals surface area (Å²) in [4.78, 5) is 11.3. The first-order valence-corrected chi connectivity index (χ1v) is 4.73. The summed E-state index contributed by atoms with van der Waals surface area (Å²) in [6, 6.07) is 0. The Labute approximate surface area is 86.3 Å². The van der Waals surface area contributed by atoms with E-state index in [0.29, 0.717) is 5.70 Å². The van der Waals surface area contributed by atoms with Gasteiger partial charge in [-0.15, -0.1) is 0 Å². The highest BCUT2D eigenvalue weighted by Gasteiger charge is 2.18. The second-order valence-corrected chi connectivity index (χ2v) is 5.38. The third-order valence-electron chi connectivity index (χ3n) is 1.55. The molecule has 0 aromatic heterocycles. The fourth-order valence-corrected chi connectivity index (χ4v) is 0.675. The number of hydrogen-bond donors (Lipinski definition) is 1. The molecule has 0 unspecified atom stereocenters. The lowest BCUT2D eigenvalue weighted by molar-refractivity contribution is -0.148. The summed E-state index contributed by atoms with van der Waals surface area (Å²) in [6.07, 6.45) is 1.35. The molecule has 0 aliphatic rings. The zero-order valence-corrected chi connectivity index (χ0v) is 9.97. The summed E-state index contributed by atoms with van der Waals surface area (Å²) >= 11 is 0. The van der Waals surface area contributed by atoms with Crippen LogP contribution in [0.1, 0.15) is 41.5 Å². The Morgan fingerprint density at radius 1 is 1.14 bits per heavy atom. The minimum Gasteiger partial charge on any atom is -0.457 e. The van der Waals surface area contributed by atoms with Crippen molar-refractivity contribution in [2.24, 2.45) is 11.1 Å². The van der Waals surface area contributed by atoms with Gasteiger partial charge in [-0.05, 0) is 20.8 Å². The Bertz CT molecular complexity index is 241. The van der Waals surface area contributed by atoms with E-state index >= 15 is 0 Å². The van der Waals surface area contributed by atoms with Crippen LogP contribution in [0.5, 0.6) is 0 Å². The van der Waals surface area contributed by atoms with Crippen LogP contribution in [0.2, 0.25) is 0 Å². The monoisotopic (exact) mass is 199 g/mol. The lowest BCUT2D eigenvalue weighted by Gasteiger charge is -2.21. The summed E-state index contributed by atoms with van der Waals surface area (Å²) in [7, 11) is 0. The number of hydrogen-bond acceptors (Lipinski definition) is 3. The number of esters is 1. The van der Waals surface area contributed by atoms with Crippen molar-refractivity contribution in [3.63, 3.8) is 0 Å². The molecule has 0 saturated carbocycles. The molecule has 3 heteroatoms. The van der Waals surface area contributed by atoms with Crippen LogP contribution >= 0.6 is 0 Å². The van der Waals surface area contributed by atoms with Gasteiger partial charge in [-0.2, -0.15) is 0 Å². The van der Waals surface area contributed by atoms with Gasteiger partial charge < -0.3 is 10.5 Å². The quantitative estimate of drug-likeness (QED) is 0.520. The maximum absolute atomic E-state index is 11.3. The molecule has 0 aliphatic heterocycles. The van der Waals surface area contributed by atoms with Crippen molar-refractivity contribution in [1.29, 1.82) is 0 Å². The highest BCUT2D eigenvalue weighted by Crippen LogP contribution is 2.20. The van der Waals surface area contributed by atoms with Gasteiger partial charge >= 0.3 is 5.97 Å². The Morgan fingerprint density at radius 3 is 1.86 bits per heavy atom. The van der Waals surface area contributed by atoms with Crippen molar-refractivity contribution in [3.05, 3.63) is 11.8 Å². The molecular formula is C11H21NO2. The predicted molar refractivity (Wildman–Crippen MR) is 57.6 cm³/mol. The van der Waals surface area contributed by atoms with E-state index in [4.69, 9.17) is 10.5 Å². The largest absolute Gasteiger partial charge is 0.457 e. The van der Waals surface area contributed by atoms with Crippen molar-refractivity contribution in [2.45, 2.75) is 47.1 Å². The van der Waals surface area contributed by atoms with Crippen LogP contribution in [0, 0.1) is 5.41 Å². The lowest BCUT2D eigenvalue weighted by Crippen LogP contribution is -2.25. The molecule has 0 rings (SSSR count). The van der Waals surface area contributed by atoms with Crippen LogP contribution in [0.3, 0.4) is 0 Å². The number of nitrogens with two attached hydrogens (primary N) is 1. The van der Waals surface area contributed by atoms with Crippen molar-refractivity contribution in [3.8, 4) is 0 Å². The molecule has 0 amide bonds. The van der Waals surface area contributed by atoms with E-state index in [9.17, 15) is 4.79 Å². The normalized spacial score (nSPS) is 14.0. The first-order chi connectivity index (χ1) is 6.02. The molecule has 0 spiro atoms. The maximum atomic E-state index is 11.3. The topological polar surface area (TPSA) is 52.3 Å². The standard InChI is InChI=1S/C11H21NO2/c1-10(2,3)8(12)7-9(13)14-11(4,5)6/h7H,12H2,1-6H3/b8-7-. The SMILES string of the molecule is CC(C)(C)OC(=O)/C=C(\N)C(C)(C)C. The molecule has 3 nitrogen and oxygen atoms in total. The Kier molecular flexibility index (Phi) is 3.74. The molecular weight excluding hydrogens is 178 g/mol. The molecule has 0 aromatic carbocycles. The van der Waals surface area contributed by atoms with Crippen LogP contribution in [-0.4, -0.2) is 11.6 Å². The van der Waals surface area contributed by atoms with Crippen LogP contribution in [-0.2, 0) is 9.53 Å². The first kappa shape index (κ1) is 13.0. The Morgan fingerprint density at radius 2 is 1.57 bits per heavy atom. The lowest BCUT2D eigenvalue weighted by atomic mass is 9.92. The van der Waals surface area contributed by atoms with Gasteiger partial charge in [0.05, 0.1) is 0 Å². The second-order valence-electron chi connectivity index (χ2n) is 5.38. The summed E-state index contributed by atoms with van der Waals surface area (Å²) < 4.78 is 5.11. The van der Waals surface area contributed by atoms with Gasteiger partial charge in [-0.25, -0.2) is 4.79 Å². The van der Waals surface area contributed by atoms with Gasteiger partial charge in [0.15, 0.2) is 0 Å². The highest BCUT2D eigenvalue weighted by atomic mass is 16.6. The predicted octanol–water partition coefficient (Wildman–Crippen LogP) is 2.22. The highest BCUT2D eigenvalue weighted by molar-refractivity contribution is 5.83. The number of carbonyl (C=O) groups excluding carboxylic acids is 1. The molecule has 82 valence electrons. The Balaban J connectivity index is 4.46. The first-order valence-electron chi connectivity index (χ1n) is 4.73. The summed E-state index contributed by atoms with van der Waals surface area (Å²) in [5.41, 5.74) is 5.60. The summed E-state index contributed by atoms with van der Waals surface area (Å²) in [5.74, 6) is -0.384. The maximum Gasteiger partial charge on any atom is 0.333 e. The van der Waals surface area contributed by atoms with Gasteiger partial charge in [0, 0.05) is 17.2 Å². The molecule has 14 heavy (non-hydrogen) atoms. The van der Waals surface area contributed by atoms with Gasteiger partial charge in [-0.3, -0.25) is 0 Å². The third-order valence-corrected chi connectivity index (χ3v) is 1.55.